The first-order valence-electron chi connectivity index (χ1n) is 9.54. The van der Waals surface area contributed by atoms with Crippen molar-refractivity contribution < 1.29 is 22.7 Å². The fourth-order valence-corrected chi connectivity index (χ4v) is 4.16. The fourth-order valence-electron chi connectivity index (χ4n) is 2.99. The molecule has 0 bridgehead atoms. The molecule has 8 nitrogen and oxygen atoms in total. The van der Waals surface area contributed by atoms with E-state index in [2.05, 4.69) is 5.32 Å². The summed E-state index contributed by atoms with van der Waals surface area (Å²) in [5.74, 6) is -0.412. The van der Waals surface area contributed by atoms with Crippen LogP contribution in [0.3, 0.4) is 0 Å². The highest BCUT2D eigenvalue weighted by molar-refractivity contribution is 7.92. The molecule has 0 radical (unpaired) electrons. The number of likely N-dealkylation sites (N-methyl/N-ethyl adjacent to an activating group) is 1. The van der Waals surface area contributed by atoms with Crippen molar-refractivity contribution in [3.8, 4) is 5.75 Å². The molecule has 2 amide bonds. The van der Waals surface area contributed by atoms with E-state index in [9.17, 15) is 18.0 Å². The van der Waals surface area contributed by atoms with Crippen LogP contribution in [0.4, 0.5) is 5.69 Å². The molecule has 32 heavy (non-hydrogen) atoms. The third kappa shape index (κ3) is 6.51. The molecule has 0 spiro atoms. The number of nitrogens with zero attached hydrogens (tertiary/aromatic N) is 2. The van der Waals surface area contributed by atoms with Crippen molar-refractivity contribution in [3.05, 3.63) is 58.1 Å². The highest BCUT2D eigenvalue weighted by Crippen LogP contribution is 2.25. The van der Waals surface area contributed by atoms with Crippen LogP contribution >= 0.6 is 23.2 Å². The van der Waals surface area contributed by atoms with Crippen molar-refractivity contribution in [3.63, 3.8) is 0 Å². The second-order valence-corrected chi connectivity index (χ2v) is 9.75. The average Bonchev–Trinajstić information content (AvgIpc) is 2.76. The molecule has 0 unspecified atom stereocenters. The number of carbonyl (C=O) groups excluding carboxylic acids is 2. The maximum absolute atomic E-state index is 13.3. The number of sulfonamides is 1. The van der Waals surface area contributed by atoms with Gasteiger partial charge in [0.15, 0.2) is 0 Å². The summed E-state index contributed by atoms with van der Waals surface area (Å²) >= 11 is 12.0. The van der Waals surface area contributed by atoms with Gasteiger partial charge in [0.2, 0.25) is 21.8 Å². The molecule has 2 aromatic rings. The van der Waals surface area contributed by atoms with Crippen LogP contribution in [0.5, 0.6) is 5.75 Å². The lowest BCUT2D eigenvalue weighted by Gasteiger charge is -2.31. The van der Waals surface area contributed by atoms with E-state index in [0.717, 1.165) is 10.6 Å². The fraction of sp³-hybridized carbons (Fsp3) is 0.333. The average molecular weight is 502 g/mol. The second kappa shape index (κ2) is 10.9. The van der Waals surface area contributed by atoms with Crippen molar-refractivity contribution in [2.75, 3.05) is 31.3 Å². The van der Waals surface area contributed by atoms with Gasteiger partial charge in [0.1, 0.15) is 18.3 Å². The minimum atomic E-state index is -3.80. The smallest absolute Gasteiger partial charge is 0.244 e. The molecule has 2 rings (SSSR count). The van der Waals surface area contributed by atoms with Crippen LogP contribution in [0.1, 0.15) is 12.5 Å². The third-order valence-electron chi connectivity index (χ3n) is 4.79. The van der Waals surface area contributed by atoms with Crippen molar-refractivity contribution in [2.24, 2.45) is 0 Å². The van der Waals surface area contributed by atoms with Crippen LogP contribution in [0, 0.1) is 0 Å². The zero-order valence-corrected chi connectivity index (χ0v) is 20.5. The number of ether oxygens (including phenoxy) is 1. The van der Waals surface area contributed by atoms with Gasteiger partial charge >= 0.3 is 0 Å². The highest BCUT2D eigenvalue weighted by Gasteiger charge is 2.29. The topological polar surface area (TPSA) is 96.0 Å². The first-order chi connectivity index (χ1) is 15.0. The number of carbonyl (C=O) groups is 2. The molecule has 0 saturated carbocycles. The predicted molar refractivity (Wildman–Crippen MR) is 126 cm³/mol. The molecule has 0 saturated heterocycles. The normalized spacial score (nSPS) is 12.1. The Morgan fingerprint density at radius 3 is 2.22 bits per heavy atom. The Balaban J connectivity index is 2.38. The summed E-state index contributed by atoms with van der Waals surface area (Å²) in [5.41, 5.74) is 0.933. The summed E-state index contributed by atoms with van der Waals surface area (Å²) < 4.78 is 31.0. The number of amides is 2. The van der Waals surface area contributed by atoms with E-state index in [1.165, 1.54) is 19.1 Å². The molecule has 1 N–H and O–H groups in total. The number of methoxy groups -OCH3 is 1. The Morgan fingerprint density at radius 1 is 1.09 bits per heavy atom. The number of nitrogens with one attached hydrogen (secondary N) is 1. The van der Waals surface area contributed by atoms with E-state index < -0.39 is 34.4 Å². The lowest BCUT2D eigenvalue weighted by atomic mass is 10.1. The number of rotatable bonds is 9. The van der Waals surface area contributed by atoms with Gasteiger partial charge in [0.05, 0.1) is 29.1 Å². The van der Waals surface area contributed by atoms with Crippen molar-refractivity contribution in [2.45, 2.75) is 19.5 Å². The summed E-state index contributed by atoms with van der Waals surface area (Å²) in [7, 11) is -0.844. The van der Waals surface area contributed by atoms with Gasteiger partial charge in [-0.25, -0.2) is 8.42 Å². The summed E-state index contributed by atoms with van der Waals surface area (Å²) in [6, 6.07) is 10.3. The van der Waals surface area contributed by atoms with E-state index in [-0.39, 0.29) is 6.54 Å². The summed E-state index contributed by atoms with van der Waals surface area (Å²) in [4.78, 5) is 26.9. The molecular formula is C21H25Cl2N3O5S. The minimum Gasteiger partial charge on any atom is -0.497 e. The highest BCUT2D eigenvalue weighted by atomic mass is 35.5. The Kier molecular flexibility index (Phi) is 8.77. The molecule has 0 aliphatic carbocycles. The summed E-state index contributed by atoms with van der Waals surface area (Å²) in [5, 5.41) is 3.17. The lowest BCUT2D eigenvalue weighted by Crippen LogP contribution is -2.50. The SMILES string of the molecule is CNC(=O)[C@H](C)N(Cc1ccc(Cl)c(Cl)c1)C(=O)CN(c1ccc(OC)cc1)S(C)(=O)=O. The number of halogens is 2. The van der Waals surface area contributed by atoms with Gasteiger partial charge in [0.25, 0.3) is 0 Å². The molecule has 0 aromatic heterocycles. The Bertz CT molecular complexity index is 1080. The molecule has 0 heterocycles. The Labute approximate surface area is 198 Å². The zero-order chi connectivity index (χ0) is 24.1. The van der Waals surface area contributed by atoms with Crippen LogP contribution in [-0.2, 0) is 26.2 Å². The van der Waals surface area contributed by atoms with E-state index in [1.807, 2.05) is 0 Å². The molecule has 0 aliphatic heterocycles. The maximum Gasteiger partial charge on any atom is 0.244 e. The predicted octanol–water partition coefficient (Wildman–Crippen LogP) is 2.93. The van der Waals surface area contributed by atoms with Gasteiger partial charge in [-0.15, -0.1) is 0 Å². The van der Waals surface area contributed by atoms with E-state index in [1.54, 1.807) is 49.4 Å². The van der Waals surface area contributed by atoms with Crippen molar-refractivity contribution >= 4 is 50.7 Å². The number of hydrogen-bond acceptors (Lipinski definition) is 5. The molecular weight excluding hydrogens is 477 g/mol. The lowest BCUT2D eigenvalue weighted by molar-refractivity contribution is -0.139. The molecule has 11 heteroatoms. The largest absolute Gasteiger partial charge is 0.497 e. The van der Waals surface area contributed by atoms with Crippen LogP contribution in [0.15, 0.2) is 42.5 Å². The first kappa shape index (κ1) is 25.8. The molecule has 0 fully saturated rings. The summed E-state index contributed by atoms with van der Waals surface area (Å²) in [6.45, 7) is 1.10. The van der Waals surface area contributed by atoms with Gasteiger partial charge in [-0.3, -0.25) is 13.9 Å². The zero-order valence-electron chi connectivity index (χ0n) is 18.1. The van der Waals surface area contributed by atoms with E-state index in [0.29, 0.717) is 27.0 Å². The van der Waals surface area contributed by atoms with E-state index >= 15 is 0 Å². The Hall–Kier alpha value is -2.49. The minimum absolute atomic E-state index is 0.0323. The van der Waals surface area contributed by atoms with Crippen LogP contribution in [0.2, 0.25) is 10.0 Å². The van der Waals surface area contributed by atoms with Gasteiger partial charge in [0, 0.05) is 13.6 Å². The van der Waals surface area contributed by atoms with E-state index in [4.69, 9.17) is 27.9 Å². The molecule has 2 aromatic carbocycles. The van der Waals surface area contributed by atoms with Gasteiger partial charge in [-0.1, -0.05) is 29.3 Å². The standard InChI is InChI=1S/C21H25Cl2N3O5S/c1-14(21(28)24-2)25(12-15-5-10-18(22)19(23)11-15)20(27)13-26(32(4,29)30)16-6-8-17(31-3)9-7-16/h5-11,14H,12-13H2,1-4H3,(H,24,28)/t14-/m0/s1. The van der Waals surface area contributed by atoms with Crippen LogP contribution in [-0.4, -0.2) is 58.1 Å². The van der Waals surface area contributed by atoms with Crippen LogP contribution in [0.25, 0.3) is 0 Å². The van der Waals surface area contributed by atoms with Crippen molar-refractivity contribution in [1.82, 2.24) is 10.2 Å². The molecule has 1 atom stereocenters. The number of hydrogen-bond donors (Lipinski definition) is 1. The van der Waals surface area contributed by atoms with Crippen molar-refractivity contribution in [1.29, 1.82) is 0 Å². The summed E-state index contributed by atoms with van der Waals surface area (Å²) in [6.07, 6.45) is 1.01. The van der Waals surface area contributed by atoms with Gasteiger partial charge in [-0.2, -0.15) is 0 Å². The maximum atomic E-state index is 13.3. The molecule has 0 aliphatic rings. The quantitative estimate of drug-likeness (QED) is 0.569. The first-order valence-corrected chi connectivity index (χ1v) is 12.1. The second-order valence-electron chi connectivity index (χ2n) is 7.03. The number of anilines is 1. The van der Waals surface area contributed by atoms with Gasteiger partial charge < -0.3 is 15.0 Å². The molecule has 174 valence electrons. The monoisotopic (exact) mass is 501 g/mol. The Morgan fingerprint density at radius 2 is 1.72 bits per heavy atom. The van der Waals surface area contributed by atoms with Gasteiger partial charge in [-0.05, 0) is 48.9 Å². The third-order valence-corrected chi connectivity index (χ3v) is 6.67. The van der Waals surface area contributed by atoms with Crippen LogP contribution < -0.4 is 14.4 Å². The number of benzene rings is 2.